The third-order valence-electron chi connectivity index (χ3n) is 10.2. The fraction of sp³-hybridized carbons (Fsp3) is 0.750. The van der Waals surface area contributed by atoms with Crippen molar-refractivity contribution in [1.82, 2.24) is 4.90 Å². The molecule has 162 valence electrons. The molecule has 1 aromatic carbocycles. The maximum Gasteiger partial charge on any atom is 0.139 e. The summed E-state index contributed by atoms with van der Waals surface area (Å²) in [6, 6.07) is 11.3. The summed E-state index contributed by atoms with van der Waals surface area (Å²) in [5.41, 5.74) is 2.21. The molecule has 2 unspecified atom stereocenters. The molecule has 6 bridgehead atoms. The van der Waals surface area contributed by atoms with Gasteiger partial charge < -0.3 is 4.90 Å². The highest BCUT2D eigenvalue weighted by Gasteiger charge is 2.65. The maximum absolute atomic E-state index is 14.1. The molecule has 7 aliphatic rings. The number of fused-ring (bicyclic) bond motifs is 3. The molecule has 5 atom stereocenters. The Labute approximate surface area is 182 Å². The van der Waals surface area contributed by atoms with Crippen LogP contribution in [0.15, 0.2) is 30.3 Å². The van der Waals surface area contributed by atoms with Gasteiger partial charge in [-0.15, -0.1) is 0 Å². The van der Waals surface area contributed by atoms with E-state index in [0.29, 0.717) is 17.1 Å². The molecular formula is C28H39NO. The number of ketones is 1. The van der Waals surface area contributed by atoms with E-state index in [1.54, 1.807) is 0 Å². The van der Waals surface area contributed by atoms with E-state index in [1.807, 2.05) is 0 Å². The minimum absolute atomic E-state index is 0.0174. The summed E-state index contributed by atoms with van der Waals surface area (Å²) in [5.74, 6) is 2.90. The van der Waals surface area contributed by atoms with Crippen LogP contribution in [0.1, 0.15) is 83.1 Å². The van der Waals surface area contributed by atoms with Crippen LogP contribution in [0.5, 0.6) is 0 Å². The van der Waals surface area contributed by atoms with Crippen molar-refractivity contribution in [3.63, 3.8) is 0 Å². The highest BCUT2D eigenvalue weighted by atomic mass is 16.1. The van der Waals surface area contributed by atoms with Crippen LogP contribution in [-0.2, 0) is 10.2 Å². The van der Waals surface area contributed by atoms with Crippen molar-refractivity contribution in [2.45, 2.75) is 83.0 Å². The number of carbonyl (C=O) groups excluding carboxylic acids is 1. The van der Waals surface area contributed by atoms with E-state index in [2.05, 4.69) is 42.2 Å². The molecule has 4 saturated carbocycles. The first-order chi connectivity index (χ1) is 14.5. The first-order valence-electron chi connectivity index (χ1n) is 12.9. The quantitative estimate of drug-likeness (QED) is 0.579. The van der Waals surface area contributed by atoms with Gasteiger partial charge in [-0.1, -0.05) is 43.7 Å². The molecule has 8 rings (SSSR count). The maximum atomic E-state index is 14.1. The third kappa shape index (κ3) is 2.96. The molecule has 4 aliphatic carbocycles. The second kappa shape index (κ2) is 6.92. The van der Waals surface area contributed by atoms with E-state index in [4.69, 9.17) is 0 Å². The van der Waals surface area contributed by atoms with Gasteiger partial charge in [0.05, 0.1) is 0 Å². The summed E-state index contributed by atoms with van der Waals surface area (Å²) in [5, 5.41) is 0. The summed E-state index contributed by atoms with van der Waals surface area (Å²) < 4.78 is 0. The Morgan fingerprint density at radius 2 is 1.83 bits per heavy atom. The van der Waals surface area contributed by atoms with Crippen molar-refractivity contribution < 1.29 is 4.79 Å². The van der Waals surface area contributed by atoms with Gasteiger partial charge in [0.1, 0.15) is 5.78 Å². The predicted octanol–water partition coefficient (Wildman–Crippen LogP) is 6.00. The first-order valence-corrected chi connectivity index (χ1v) is 12.9. The zero-order valence-electron chi connectivity index (χ0n) is 18.9. The van der Waals surface area contributed by atoms with Gasteiger partial charge in [-0.25, -0.2) is 0 Å². The average Bonchev–Trinajstić information content (AvgIpc) is 2.74. The van der Waals surface area contributed by atoms with Gasteiger partial charge in [-0.2, -0.15) is 0 Å². The van der Waals surface area contributed by atoms with E-state index >= 15 is 0 Å². The van der Waals surface area contributed by atoms with Crippen molar-refractivity contribution in [3.05, 3.63) is 35.9 Å². The lowest BCUT2D eigenvalue weighted by Crippen LogP contribution is -2.61. The number of hydrogen-bond donors (Lipinski definition) is 0. The van der Waals surface area contributed by atoms with Gasteiger partial charge in [0, 0.05) is 18.4 Å². The van der Waals surface area contributed by atoms with Crippen molar-refractivity contribution in [1.29, 1.82) is 0 Å². The number of benzene rings is 1. The van der Waals surface area contributed by atoms with E-state index in [-0.39, 0.29) is 10.8 Å². The molecular weight excluding hydrogens is 366 g/mol. The Kier molecular flexibility index (Phi) is 4.51. The van der Waals surface area contributed by atoms with Crippen LogP contribution in [-0.4, -0.2) is 30.3 Å². The number of nitrogens with zero attached hydrogens (tertiary/aromatic N) is 1. The Hall–Kier alpha value is -1.15. The minimum atomic E-state index is -0.0174. The smallest absolute Gasteiger partial charge is 0.139 e. The molecule has 2 heteroatoms. The molecule has 0 amide bonds. The van der Waals surface area contributed by atoms with Crippen LogP contribution in [0.4, 0.5) is 0 Å². The van der Waals surface area contributed by atoms with Crippen LogP contribution in [0.25, 0.3) is 0 Å². The average molecular weight is 406 g/mol. The number of hydrogen-bond acceptors (Lipinski definition) is 2. The Balaban J connectivity index is 1.33. The highest BCUT2D eigenvalue weighted by Crippen LogP contribution is 2.71. The Morgan fingerprint density at radius 1 is 1.03 bits per heavy atom. The third-order valence-corrected chi connectivity index (χ3v) is 10.2. The van der Waals surface area contributed by atoms with Gasteiger partial charge in [0.25, 0.3) is 0 Å². The number of piperidine rings is 3. The Morgan fingerprint density at radius 3 is 2.53 bits per heavy atom. The van der Waals surface area contributed by atoms with E-state index < -0.39 is 0 Å². The minimum Gasteiger partial charge on any atom is -0.303 e. The van der Waals surface area contributed by atoms with Gasteiger partial charge in [-0.3, -0.25) is 4.79 Å². The molecule has 0 N–H and O–H groups in total. The Bertz CT molecular complexity index is 811. The van der Waals surface area contributed by atoms with Crippen LogP contribution in [0.3, 0.4) is 0 Å². The zero-order valence-corrected chi connectivity index (χ0v) is 18.9. The molecule has 0 spiro atoms. The van der Waals surface area contributed by atoms with Crippen molar-refractivity contribution >= 4 is 5.78 Å². The van der Waals surface area contributed by atoms with Crippen molar-refractivity contribution in [2.24, 2.45) is 28.6 Å². The lowest BCUT2D eigenvalue weighted by atomic mass is 9.37. The summed E-state index contributed by atoms with van der Waals surface area (Å²) in [4.78, 5) is 16.8. The number of rotatable bonds is 6. The standard InChI is InChI=1S/C28H39NO/c1-2-10-26-14-21-15-27(18-26,24-6-4-3-5-7-24)20-28(16-21,19-26)25(30)13-23-17-29-11-8-22(23)9-12-29/h3-7,21-23H,2,8-20H2,1H3/t21?,23-,26+,27+,28?/m0/s1. The number of Topliss-reactive ketones (excluding diaryl/α,β-unsaturated/α-hetero) is 1. The SMILES string of the molecule is CCC[C@]12CC3CC(C(=O)C[C@H]4CN5CCC4CC5)(C1)C[C@@](c1ccccc1)(C3)C2. The normalized spacial score (nSPS) is 46.3. The fourth-order valence-electron chi connectivity index (χ4n) is 9.65. The highest BCUT2D eigenvalue weighted by molar-refractivity contribution is 5.86. The van der Waals surface area contributed by atoms with Gasteiger partial charge in [0.2, 0.25) is 0 Å². The summed E-state index contributed by atoms with van der Waals surface area (Å²) in [6.45, 7) is 6.11. The molecule has 3 saturated heterocycles. The summed E-state index contributed by atoms with van der Waals surface area (Å²) in [6.07, 6.45) is 13.8. The largest absolute Gasteiger partial charge is 0.303 e. The molecule has 2 nitrogen and oxygen atoms in total. The van der Waals surface area contributed by atoms with Gasteiger partial charge >= 0.3 is 0 Å². The number of carbonyl (C=O) groups is 1. The second-order valence-electron chi connectivity index (χ2n) is 12.2. The zero-order chi connectivity index (χ0) is 20.4. The van der Waals surface area contributed by atoms with Crippen molar-refractivity contribution in [3.8, 4) is 0 Å². The lowest BCUT2D eigenvalue weighted by molar-refractivity contribution is -0.163. The molecule has 0 radical (unpaired) electrons. The van der Waals surface area contributed by atoms with Gasteiger partial charge in [0.15, 0.2) is 0 Å². The molecule has 3 aliphatic heterocycles. The van der Waals surface area contributed by atoms with Crippen LogP contribution >= 0.6 is 0 Å². The topological polar surface area (TPSA) is 20.3 Å². The summed E-state index contributed by atoms with van der Waals surface area (Å²) in [7, 11) is 0. The molecule has 3 heterocycles. The molecule has 30 heavy (non-hydrogen) atoms. The van der Waals surface area contributed by atoms with E-state index in [1.165, 1.54) is 83.0 Å². The second-order valence-corrected chi connectivity index (χ2v) is 12.2. The summed E-state index contributed by atoms with van der Waals surface area (Å²) >= 11 is 0. The first kappa shape index (κ1) is 19.5. The fourth-order valence-corrected chi connectivity index (χ4v) is 9.65. The predicted molar refractivity (Wildman–Crippen MR) is 121 cm³/mol. The van der Waals surface area contributed by atoms with Crippen LogP contribution < -0.4 is 0 Å². The van der Waals surface area contributed by atoms with E-state index in [9.17, 15) is 4.79 Å². The van der Waals surface area contributed by atoms with Crippen LogP contribution in [0.2, 0.25) is 0 Å². The lowest BCUT2D eigenvalue weighted by Gasteiger charge is -2.67. The monoisotopic (exact) mass is 405 g/mol. The van der Waals surface area contributed by atoms with Crippen molar-refractivity contribution in [2.75, 3.05) is 19.6 Å². The molecule has 0 aromatic heterocycles. The molecule has 1 aromatic rings. The molecule has 7 fully saturated rings. The van der Waals surface area contributed by atoms with E-state index in [0.717, 1.165) is 24.7 Å². The van der Waals surface area contributed by atoms with Gasteiger partial charge in [-0.05, 0) is 105 Å². The van der Waals surface area contributed by atoms with Crippen LogP contribution in [0, 0.1) is 28.6 Å².